The Kier molecular flexibility index (Phi) is 13.0. The van der Waals surface area contributed by atoms with Crippen LogP contribution >= 0.6 is 0 Å². The molecular weight excluding hydrogens is 530 g/mol. The zero-order chi connectivity index (χ0) is 32.3. The molecule has 0 radical (unpaired) electrons. The molecule has 0 amide bonds. The average Bonchev–Trinajstić information content (AvgIpc) is 2.93. The van der Waals surface area contributed by atoms with Gasteiger partial charge in [0.1, 0.15) is 6.54 Å². The van der Waals surface area contributed by atoms with Crippen LogP contribution in [0.25, 0.3) is 12.2 Å². The van der Waals surface area contributed by atoms with Gasteiger partial charge >= 0.3 is 0 Å². The smallest absolute Gasteiger partial charge is 0.199 e. The minimum absolute atomic E-state index is 0.277. The Labute approximate surface area is 271 Å². The lowest BCUT2D eigenvalue weighted by molar-refractivity contribution is -0.698. The fourth-order valence-electron chi connectivity index (χ4n) is 6.74. The molecule has 0 unspecified atom stereocenters. The largest absolute Gasteiger partial charge is 0.206 e. The zero-order valence-corrected chi connectivity index (χ0v) is 29.7. The van der Waals surface area contributed by atoms with E-state index in [-0.39, 0.29) is 10.8 Å². The van der Waals surface area contributed by atoms with Gasteiger partial charge in [0.2, 0.25) is 5.69 Å². The Bertz CT molecular complexity index is 1440. The normalized spacial score (nSPS) is 20.4. The monoisotopic (exact) mass is 590 g/mol. The Morgan fingerprint density at radius 2 is 1.30 bits per heavy atom. The Morgan fingerprint density at radius 3 is 1.82 bits per heavy atom. The molecule has 0 N–H and O–H groups in total. The van der Waals surface area contributed by atoms with Gasteiger partial charge in [0.05, 0.1) is 0 Å². The quantitative estimate of drug-likeness (QED) is 0.178. The maximum absolute atomic E-state index is 2.38. The molecule has 0 aliphatic heterocycles. The Hall–Kier alpha value is -3.19. The van der Waals surface area contributed by atoms with Gasteiger partial charge in [-0.1, -0.05) is 118 Å². The summed E-state index contributed by atoms with van der Waals surface area (Å²) in [6.45, 7) is 23.9. The zero-order valence-electron chi connectivity index (χ0n) is 29.7. The number of aromatic nitrogens is 1. The van der Waals surface area contributed by atoms with Crippen molar-refractivity contribution in [2.75, 3.05) is 0 Å². The summed E-state index contributed by atoms with van der Waals surface area (Å²) in [4.78, 5) is 0. The van der Waals surface area contributed by atoms with Crippen LogP contribution in [0.3, 0.4) is 0 Å². The van der Waals surface area contributed by atoms with E-state index in [0.29, 0.717) is 0 Å². The Morgan fingerprint density at radius 1 is 0.750 bits per heavy atom. The first-order chi connectivity index (χ1) is 20.8. The van der Waals surface area contributed by atoms with Crippen LogP contribution in [-0.2, 0) is 6.54 Å². The maximum Gasteiger partial charge on any atom is 0.206 e. The van der Waals surface area contributed by atoms with Crippen molar-refractivity contribution in [3.63, 3.8) is 0 Å². The van der Waals surface area contributed by atoms with Gasteiger partial charge in [0.15, 0.2) is 6.20 Å². The van der Waals surface area contributed by atoms with Crippen LogP contribution in [0.5, 0.6) is 0 Å². The number of rotatable bonds is 11. The van der Waals surface area contributed by atoms with Gasteiger partial charge in [-0.05, 0) is 106 Å². The third-order valence-corrected chi connectivity index (χ3v) is 9.41. The second kappa shape index (κ2) is 16.2. The molecule has 44 heavy (non-hydrogen) atoms. The highest BCUT2D eigenvalue weighted by molar-refractivity contribution is 5.57. The molecule has 236 valence electrons. The topological polar surface area (TPSA) is 3.88 Å². The lowest BCUT2D eigenvalue weighted by Gasteiger charge is -2.33. The fraction of sp³-hybridized carbons (Fsp3) is 0.465. The summed E-state index contributed by atoms with van der Waals surface area (Å²) in [5.41, 5.74) is 12.9. The van der Waals surface area contributed by atoms with Crippen molar-refractivity contribution < 1.29 is 4.57 Å². The SMILES string of the molecule is CCC[n+]1ccc(/C=C/C=C(C)/C=C/C2=C(C)CCCC2(C)C)cc1/C=C(C)/C=C/C=C(C)/C=C/C1=C(C)CCCC1(C)C. The summed E-state index contributed by atoms with van der Waals surface area (Å²) >= 11 is 0. The van der Waals surface area contributed by atoms with Crippen LogP contribution < -0.4 is 4.57 Å². The van der Waals surface area contributed by atoms with Gasteiger partial charge in [-0.25, -0.2) is 0 Å². The molecule has 1 heterocycles. The second-order valence-electron chi connectivity index (χ2n) is 14.5. The van der Waals surface area contributed by atoms with E-state index < -0.39 is 0 Å². The molecule has 1 aromatic heterocycles. The number of allylic oxidation sites excluding steroid dienone is 16. The van der Waals surface area contributed by atoms with Crippen LogP contribution in [0.1, 0.15) is 125 Å². The minimum atomic E-state index is 0.277. The molecule has 1 heteroatoms. The number of hydrogen-bond donors (Lipinski definition) is 0. The van der Waals surface area contributed by atoms with Crippen molar-refractivity contribution >= 4 is 12.2 Å². The van der Waals surface area contributed by atoms with Gasteiger partial charge in [-0.2, -0.15) is 4.57 Å². The summed E-state index contributed by atoms with van der Waals surface area (Å²) in [5.74, 6) is 0. The molecule has 0 saturated carbocycles. The second-order valence-corrected chi connectivity index (χ2v) is 14.5. The van der Waals surface area contributed by atoms with Gasteiger partial charge in [0, 0.05) is 24.6 Å². The maximum atomic E-state index is 2.38. The third-order valence-electron chi connectivity index (χ3n) is 9.41. The molecule has 0 spiro atoms. The highest BCUT2D eigenvalue weighted by Gasteiger charge is 2.27. The average molecular weight is 591 g/mol. The van der Waals surface area contributed by atoms with Crippen molar-refractivity contribution in [2.24, 2.45) is 10.8 Å². The summed E-state index contributed by atoms with van der Waals surface area (Å²) in [7, 11) is 0. The molecule has 0 bridgehead atoms. The summed E-state index contributed by atoms with van der Waals surface area (Å²) in [6, 6.07) is 4.52. The molecule has 2 aliphatic carbocycles. The molecule has 0 fully saturated rings. The van der Waals surface area contributed by atoms with Crippen LogP contribution in [0, 0.1) is 10.8 Å². The molecule has 0 aromatic carbocycles. The number of hydrogen-bond acceptors (Lipinski definition) is 0. The fourth-order valence-corrected chi connectivity index (χ4v) is 6.74. The van der Waals surface area contributed by atoms with E-state index in [1.807, 2.05) is 0 Å². The molecule has 0 atom stereocenters. The molecule has 1 aromatic rings. The molecular formula is C43H60N+. The van der Waals surface area contributed by atoms with E-state index in [1.165, 1.54) is 77.6 Å². The van der Waals surface area contributed by atoms with Crippen LogP contribution in [0.2, 0.25) is 0 Å². The first-order valence-electron chi connectivity index (χ1n) is 17.0. The molecule has 3 rings (SSSR count). The number of nitrogens with zero attached hydrogens (tertiary/aromatic N) is 1. The van der Waals surface area contributed by atoms with E-state index in [2.05, 4.69) is 159 Å². The van der Waals surface area contributed by atoms with E-state index >= 15 is 0 Å². The predicted molar refractivity (Wildman–Crippen MR) is 195 cm³/mol. The van der Waals surface area contributed by atoms with Gasteiger partial charge in [0.25, 0.3) is 0 Å². The predicted octanol–water partition coefficient (Wildman–Crippen LogP) is 12.4. The van der Waals surface area contributed by atoms with Crippen LogP contribution in [0.4, 0.5) is 0 Å². The highest BCUT2D eigenvalue weighted by Crippen LogP contribution is 2.41. The van der Waals surface area contributed by atoms with Gasteiger partial charge in [-0.3, -0.25) is 0 Å². The first kappa shape index (κ1) is 35.3. The van der Waals surface area contributed by atoms with Crippen molar-refractivity contribution in [1.29, 1.82) is 0 Å². The molecule has 2 aliphatic rings. The van der Waals surface area contributed by atoms with E-state index in [1.54, 1.807) is 11.1 Å². The number of aryl methyl sites for hydroxylation is 1. The van der Waals surface area contributed by atoms with Crippen LogP contribution in [-0.4, -0.2) is 0 Å². The van der Waals surface area contributed by atoms with E-state index in [9.17, 15) is 0 Å². The van der Waals surface area contributed by atoms with Crippen molar-refractivity contribution in [3.05, 3.63) is 123 Å². The first-order valence-corrected chi connectivity index (χ1v) is 17.0. The lowest BCUT2D eigenvalue weighted by Crippen LogP contribution is -2.36. The van der Waals surface area contributed by atoms with Crippen LogP contribution in [0.15, 0.2) is 112 Å². The molecule has 0 saturated heterocycles. The Balaban J connectivity index is 1.72. The van der Waals surface area contributed by atoms with E-state index in [0.717, 1.165) is 13.0 Å². The summed E-state index contributed by atoms with van der Waals surface area (Å²) in [6.07, 6.45) is 35.7. The van der Waals surface area contributed by atoms with Crippen molar-refractivity contribution in [1.82, 2.24) is 0 Å². The molecule has 1 nitrogen and oxygen atoms in total. The van der Waals surface area contributed by atoms with Gasteiger partial charge < -0.3 is 0 Å². The highest BCUT2D eigenvalue weighted by atomic mass is 14.9. The van der Waals surface area contributed by atoms with Gasteiger partial charge in [-0.15, -0.1) is 0 Å². The van der Waals surface area contributed by atoms with Crippen molar-refractivity contribution in [3.8, 4) is 0 Å². The third kappa shape index (κ3) is 10.5. The van der Waals surface area contributed by atoms with Crippen molar-refractivity contribution in [2.45, 2.75) is 121 Å². The standard InChI is InChI=1S/C43H60N/c1-11-29-44-30-26-38(21-13-17-34(3)23-25-41-37(6)20-15-28-43(41,9)10)32-39(44)31-35(4)18-12-16-33(2)22-24-40-36(5)19-14-27-42(40,7)8/h12-13,16-18,21-26,30-32H,11,14-15,19-20,27-29H2,1-10H3/q+1/b18-12+,21-13+,24-22+,25-23+,33-16+,34-17+,35-31+. The summed E-state index contributed by atoms with van der Waals surface area (Å²) in [5, 5.41) is 0. The minimum Gasteiger partial charge on any atom is -0.199 e. The number of pyridine rings is 1. The lowest BCUT2D eigenvalue weighted by atomic mass is 9.72. The summed E-state index contributed by atoms with van der Waals surface area (Å²) < 4.78 is 2.35. The van der Waals surface area contributed by atoms with E-state index in [4.69, 9.17) is 0 Å².